The Bertz CT molecular complexity index is 388. The first-order chi connectivity index (χ1) is 6.61. The van der Waals surface area contributed by atoms with Crippen LogP contribution in [0, 0.1) is 6.92 Å². The molecule has 1 aromatic rings. The normalized spacial score (nSPS) is 19.1. The Morgan fingerprint density at radius 2 is 1.93 bits per heavy atom. The van der Waals surface area contributed by atoms with Crippen molar-refractivity contribution in [1.29, 1.82) is 0 Å². The van der Waals surface area contributed by atoms with E-state index in [9.17, 15) is 0 Å². The van der Waals surface area contributed by atoms with E-state index in [1.165, 1.54) is 11.1 Å². The first-order valence-corrected chi connectivity index (χ1v) is 11.4. The third-order valence-corrected chi connectivity index (χ3v) is 7.43. The van der Waals surface area contributed by atoms with Crippen molar-refractivity contribution in [3.05, 3.63) is 38.2 Å². The number of hydrogen-bond donors (Lipinski definition) is 0. The molecule has 1 unspecified atom stereocenters. The molecule has 14 heavy (non-hydrogen) atoms. The van der Waals surface area contributed by atoms with Gasteiger partial charge in [0.15, 0.2) is 0 Å². The van der Waals surface area contributed by atoms with Gasteiger partial charge in [-0.1, -0.05) is 0 Å². The van der Waals surface area contributed by atoms with Crippen molar-refractivity contribution in [2.75, 3.05) is 0 Å². The summed E-state index contributed by atoms with van der Waals surface area (Å²) in [5.74, 6) is 0.703. The molecule has 1 aliphatic rings. The van der Waals surface area contributed by atoms with Crippen LogP contribution in [0.25, 0.3) is 6.08 Å². The minimum atomic E-state index is -1.16. The second-order valence-electron chi connectivity index (χ2n) is 4.40. The maximum absolute atomic E-state index is 2.48. The van der Waals surface area contributed by atoms with E-state index >= 15 is 0 Å². The van der Waals surface area contributed by atoms with Crippen LogP contribution >= 0.6 is 0 Å². The van der Waals surface area contributed by atoms with Gasteiger partial charge in [-0.15, -0.1) is 0 Å². The minimum absolute atomic E-state index is 0.703. The van der Waals surface area contributed by atoms with Crippen LogP contribution in [0.15, 0.2) is 21.5 Å². The number of fused-ring (bicyclic) bond motifs is 1. The summed E-state index contributed by atoms with van der Waals surface area (Å²) in [6.07, 6.45) is 2.48. The molecule has 73 valence electrons. The Kier molecular flexibility index (Phi) is 2.79. The Hall–Kier alpha value is -0.157. The molecule has 0 N–H and O–H groups in total. The number of rotatable bonds is 1. The van der Waals surface area contributed by atoms with Gasteiger partial charge in [0.1, 0.15) is 0 Å². The summed E-state index contributed by atoms with van der Waals surface area (Å²) in [6.45, 7) is 4.59. The van der Waals surface area contributed by atoms with Crippen LogP contribution in [-0.4, -0.2) is 0 Å². The molecule has 1 heteroatoms. The predicted molar refractivity (Wildman–Crippen MR) is 59.3 cm³/mol. The summed E-state index contributed by atoms with van der Waals surface area (Å²) >= 11 is -1.16. The molecular formula is C13H17Zr. The molecule has 0 radical (unpaired) electrons. The van der Waals surface area contributed by atoms with Crippen LogP contribution in [0.1, 0.15) is 29.5 Å². The monoisotopic (exact) mass is 263 g/mol. The number of aryl methyl sites for hydroxylation is 1. The molecular weight excluding hydrogens is 247 g/mol. The Balaban J connectivity index is 2.52. The van der Waals surface area contributed by atoms with Crippen molar-refractivity contribution in [3.63, 3.8) is 0 Å². The predicted octanol–water partition coefficient (Wildman–Crippen LogP) is 4.17. The summed E-state index contributed by atoms with van der Waals surface area (Å²) < 4.78 is 6.73. The fraction of sp³-hybridized carbons (Fsp3) is 0.385. The average Bonchev–Trinajstić information content (AvgIpc) is 2.46. The molecule has 0 bridgehead atoms. The maximum atomic E-state index is 2.48. The van der Waals surface area contributed by atoms with Crippen molar-refractivity contribution < 1.29 is 21.8 Å². The molecule has 0 saturated heterocycles. The average molecular weight is 265 g/mol. The molecule has 0 saturated carbocycles. The van der Waals surface area contributed by atoms with Gasteiger partial charge < -0.3 is 0 Å². The third-order valence-electron chi connectivity index (χ3n) is 3.17. The second-order valence-corrected chi connectivity index (χ2v) is 10.7. The quantitative estimate of drug-likeness (QED) is 0.714. The second kappa shape index (κ2) is 3.78. The summed E-state index contributed by atoms with van der Waals surface area (Å²) in [5, 5.41) is 0. The fourth-order valence-electron chi connectivity index (χ4n) is 2.30. The van der Waals surface area contributed by atoms with E-state index in [0.717, 1.165) is 0 Å². The van der Waals surface area contributed by atoms with Gasteiger partial charge in [-0.2, -0.15) is 0 Å². The van der Waals surface area contributed by atoms with E-state index in [2.05, 4.69) is 47.4 Å². The number of benzene rings is 1. The van der Waals surface area contributed by atoms with E-state index in [4.69, 9.17) is 0 Å². The molecule has 0 heterocycles. The molecule has 0 spiro atoms. The van der Waals surface area contributed by atoms with Gasteiger partial charge in [-0.3, -0.25) is 0 Å². The first-order valence-electron chi connectivity index (χ1n) is 5.23. The molecule has 0 nitrogen and oxygen atoms in total. The van der Waals surface area contributed by atoms with Gasteiger partial charge in [0.2, 0.25) is 0 Å². The van der Waals surface area contributed by atoms with Gasteiger partial charge in [0.25, 0.3) is 0 Å². The summed E-state index contributed by atoms with van der Waals surface area (Å²) in [5.41, 5.74) is 4.51. The first kappa shape index (κ1) is 10.4. The topological polar surface area (TPSA) is 0 Å². The summed E-state index contributed by atoms with van der Waals surface area (Å²) in [7, 11) is 0. The van der Waals surface area contributed by atoms with Gasteiger partial charge in [0.05, 0.1) is 0 Å². The molecule has 1 aromatic carbocycles. The molecule has 0 amide bonds. The summed E-state index contributed by atoms with van der Waals surface area (Å²) in [6, 6.07) is 6.71. The molecule has 2 rings (SSSR count). The molecule has 1 aliphatic carbocycles. The van der Waals surface area contributed by atoms with Crippen LogP contribution in [0.4, 0.5) is 0 Å². The third kappa shape index (κ3) is 1.56. The SMILES string of the molecule is Cc1cccc2c1C=[C]([Zr]([CH3])[CH3])C2C. The van der Waals surface area contributed by atoms with Crippen molar-refractivity contribution >= 4 is 6.08 Å². The molecule has 0 aromatic heterocycles. The Morgan fingerprint density at radius 3 is 2.50 bits per heavy atom. The van der Waals surface area contributed by atoms with Crippen LogP contribution in [0.2, 0.25) is 9.26 Å². The zero-order valence-electron chi connectivity index (χ0n) is 9.39. The van der Waals surface area contributed by atoms with Gasteiger partial charge >= 0.3 is 95.0 Å². The Morgan fingerprint density at radius 1 is 1.21 bits per heavy atom. The van der Waals surface area contributed by atoms with Crippen LogP contribution in [0.3, 0.4) is 0 Å². The van der Waals surface area contributed by atoms with Crippen LogP contribution in [0.5, 0.6) is 0 Å². The Labute approximate surface area is 94.7 Å². The van der Waals surface area contributed by atoms with E-state index in [0.29, 0.717) is 5.92 Å². The molecule has 0 aliphatic heterocycles. The number of allylic oxidation sites excluding steroid dienone is 1. The van der Waals surface area contributed by atoms with Crippen LogP contribution < -0.4 is 0 Å². The number of hydrogen-bond acceptors (Lipinski definition) is 0. The van der Waals surface area contributed by atoms with E-state index in [1.54, 1.807) is 8.84 Å². The standard InChI is InChI=1S/C11H11.2CH3.Zr/c1-8-4-3-5-10-9(2)6-7-11(8)10;;;/h3-5,7,9H,1-2H3;2*1H3;. The molecule has 1 atom stereocenters. The van der Waals surface area contributed by atoms with Crippen molar-refractivity contribution in [2.24, 2.45) is 0 Å². The van der Waals surface area contributed by atoms with Crippen molar-refractivity contribution in [1.82, 2.24) is 0 Å². The van der Waals surface area contributed by atoms with Gasteiger partial charge in [-0.05, 0) is 0 Å². The van der Waals surface area contributed by atoms with Crippen LogP contribution in [-0.2, 0) is 21.8 Å². The zero-order valence-corrected chi connectivity index (χ0v) is 11.8. The van der Waals surface area contributed by atoms with E-state index in [-0.39, 0.29) is 0 Å². The van der Waals surface area contributed by atoms with Crippen molar-refractivity contribution in [2.45, 2.75) is 29.0 Å². The van der Waals surface area contributed by atoms with Crippen molar-refractivity contribution in [3.8, 4) is 0 Å². The zero-order chi connectivity index (χ0) is 10.3. The molecule has 0 fully saturated rings. The van der Waals surface area contributed by atoms with Gasteiger partial charge in [-0.25, -0.2) is 0 Å². The van der Waals surface area contributed by atoms with E-state index < -0.39 is 21.8 Å². The fourth-order valence-corrected chi connectivity index (χ4v) is 5.88. The van der Waals surface area contributed by atoms with Gasteiger partial charge in [0, 0.05) is 0 Å². The summed E-state index contributed by atoms with van der Waals surface area (Å²) in [4.78, 5) is 0. The van der Waals surface area contributed by atoms with E-state index in [1.807, 2.05) is 0 Å².